The second kappa shape index (κ2) is 4.01. The van der Waals surface area contributed by atoms with E-state index in [1.54, 1.807) is 5.57 Å². The van der Waals surface area contributed by atoms with Crippen molar-refractivity contribution in [2.75, 3.05) is 0 Å². The van der Waals surface area contributed by atoms with Gasteiger partial charge in [-0.25, -0.2) is 0 Å². The van der Waals surface area contributed by atoms with E-state index in [0.29, 0.717) is 17.1 Å². The molecule has 1 saturated carbocycles. The predicted octanol–water partition coefficient (Wildman–Crippen LogP) is 3.98. The molecular formula is C15H24O. The number of hydrogen-bond donors (Lipinski definition) is 0. The summed E-state index contributed by atoms with van der Waals surface area (Å²) in [6, 6.07) is 0. The molecule has 16 heavy (non-hydrogen) atoms. The highest BCUT2D eigenvalue weighted by Gasteiger charge is 2.43. The van der Waals surface area contributed by atoms with Gasteiger partial charge in [-0.15, -0.1) is 0 Å². The highest BCUT2D eigenvalue weighted by Crippen LogP contribution is 2.53. The van der Waals surface area contributed by atoms with Crippen LogP contribution in [-0.2, 0) is 4.79 Å². The first-order valence-corrected chi connectivity index (χ1v) is 6.67. The van der Waals surface area contributed by atoms with E-state index in [1.165, 1.54) is 6.42 Å². The van der Waals surface area contributed by atoms with Crippen LogP contribution in [0.5, 0.6) is 0 Å². The molecule has 0 spiro atoms. The van der Waals surface area contributed by atoms with Gasteiger partial charge in [0.2, 0.25) is 0 Å². The standard InChI is InChI=1S/C15H24O/c1-10-5-6-13-12(3)11(2)9-15(13,4)8-7-14(10)16/h6,10-12H,5,7-9H2,1-4H3/b13-6-. The van der Waals surface area contributed by atoms with Crippen molar-refractivity contribution in [1.82, 2.24) is 0 Å². The maximum absolute atomic E-state index is 11.8. The maximum atomic E-state index is 11.8. The van der Waals surface area contributed by atoms with E-state index >= 15 is 0 Å². The number of fused-ring (bicyclic) bond motifs is 1. The zero-order chi connectivity index (χ0) is 11.9. The van der Waals surface area contributed by atoms with Crippen molar-refractivity contribution in [3.8, 4) is 0 Å². The fraction of sp³-hybridized carbons (Fsp3) is 0.800. The van der Waals surface area contributed by atoms with Gasteiger partial charge in [-0.2, -0.15) is 0 Å². The number of allylic oxidation sites excluding steroid dienone is 2. The Morgan fingerprint density at radius 2 is 2.00 bits per heavy atom. The van der Waals surface area contributed by atoms with Gasteiger partial charge in [-0.05, 0) is 36.5 Å². The second-order valence-corrected chi connectivity index (χ2v) is 6.29. The quantitative estimate of drug-likeness (QED) is 0.564. The van der Waals surface area contributed by atoms with Gasteiger partial charge in [0, 0.05) is 12.3 Å². The van der Waals surface area contributed by atoms with Crippen molar-refractivity contribution in [3.05, 3.63) is 11.6 Å². The number of ketones is 1. The molecule has 0 aliphatic heterocycles. The molecule has 0 heterocycles. The molecule has 0 saturated heterocycles. The number of rotatable bonds is 0. The molecule has 0 amide bonds. The van der Waals surface area contributed by atoms with Crippen molar-refractivity contribution in [2.45, 2.75) is 53.4 Å². The van der Waals surface area contributed by atoms with Gasteiger partial charge in [-0.1, -0.05) is 39.3 Å². The van der Waals surface area contributed by atoms with E-state index in [2.05, 4.69) is 33.8 Å². The summed E-state index contributed by atoms with van der Waals surface area (Å²) < 4.78 is 0. The Bertz CT molecular complexity index is 328. The Labute approximate surface area is 99.3 Å². The van der Waals surface area contributed by atoms with Gasteiger partial charge in [0.25, 0.3) is 0 Å². The van der Waals surface area contributed by atoms with Crippen LogP contribution in [0.4, 0.5) is 0 Å². The molecule has 4 unspecified atom stereocenters. The molecule has 0 bridgehead atoms. The Kier molecular flexibility index (Phi) is 2.98. The molecule has 2 aliphatic rings. The first-order valence-electron chi connectivity index (χ1n) is 6.67. The zero-order valence-corrected chi connectivity index (χ0v) is 11.0. The topological polar surface area (TPSA) is 17.1 Å². The Morgan fingerprint density at radius 1 is 1.31 bits per heavy atom. The zero-order valence-electron chi connectivity index (χ0n) is 11.0. The third kappa shape index (κ3) is 1.85. The summed E-state index contributed by atoms with van der Waals surface area (Å²) in [5, 5.41) is 0. The van der Waals surface area contributed by atoms with Crippen LogP contribution in [0.25, 0.3) is 0 Å². The number of carbonyl (C=O) groups is 1. The summed E-state index contributed by atoms with van der Waals surface area (Å²) in [5.74, 6) is 2.19. The SMILES string of the molecule is CC1C/C=C2/C(C)C(C)CC2(C)CCC1=O. The van der Waals surface area contributed by atoms with Gasteiger partial charge in [0.15, 0.2) is 0 Å². The lowest BCUT2D eigenvalue weighted by atomic mass is 9.75. The molecule has 1 heteroatoms. The van der Waals surface area contributed by atoms with E-state index in [9.17, 15) is 4.79 Å². The normalized spacial score (nSPS) is 47.9. The summed E-state index contributed by atoms with van der Waals surface area (Å²) in [6.45, 7) is 9.15. The van der Waals surface area contributed by atoms with Gasteiger partial charge >= 0.3 is 0 Å². The predicted molar refractivity (Wildman–Crippen MR) is 67.2 cm³/mol. The van der Waals surface area contributed by atoms with E-state index < -0.39 is 0 Å². The average molecular weight is 220 g/mol. The van der Waals surface area contributed by atoms with Crippen LogP contribution in [0.2, 0.25) is 0 Å². The number of Topliss-reactive ketones (excluding diaryl/α,β-unsaturated/α-hetero) is 1. The molecule has 2 aliphatic carbocycles. The number of hydrogen-bond acceptors (Lipinski definition) is 1. The molecule has 1 nitrogen and oxygen atoms in total. The van der Waals surface area contributed by atoms with E-state index in [-0.39, 0.29) is 5.92 Å². The van der Waals surface area contributed by atoms with Crippen LogP contribution in [0.1, 0.15) is 53.4 Å². The fourth-order valence-corrected chi connectivity index (χ4v) is 3.62. The summed E-state index contributed by atoms with van der Waals surface area (Å²) >= 11 is 0. The first kappa shape index (κ1) is 11.9. The second-order valence-electron chi connectivity index (χ2n) is 6.29. The molecule has 0 radical (unpaired) electrons. The lowest BCUT2D eigenvalue weighted by Crippen LogP contribution is -2.22. The van der Waals surface area contributed by atoms with Crippen molar-refractivity contribution in [1.29, 1.82) is 0 Å². The highest BCUT2D eigenvalue weighted by atomic mass is 16.1. The van der Waals surface area contributed by atoms with E-state index in [4.69, 9.17) is 0 Å². The van der Waals surface area contributed by atoms with Gasteiger partial charge in [0.05, 0.1) is 0 Å². The van der Waals surface area contributed by atoms with Crippen molar-refractivity contribution >= 4 is 5.78 Å². The van der Waals surface area contributed by atoms with Crippen LogP contribution in [0.15, 0.2) is 11.6 Å². The van der Waals surface area contributed by atoms with Crippen LogP contribution in [0, 0.1) is 23.2 Å². The van der Waals surface area contributed by atoms with Crippen LogP contribution < -0.4 is 0 Å². The smallest absolute Gasteiger partial charge is 0.136 e. The minimum absolute atomic E-state index is 0.236. The van der Waals surface area contributed by atoms with E-state index in [1.807, 2.05) is 0 Å². The Balaban J connectivity index is 2.31. The summed E-state index contributed by atoms with van der Waals surface area (Å²) in [7, 11) is 0. The largest absolute Gasteiger partial charge is 0.299 e. The summed E-state index contributed by atoms with van der Waals surface area (Å²) in [5.41, 5.74) is 1.95. The summed E-state index contributed by atoms with van der Waals surface area (Å²) in [4.78, 5) is 11.8. The molecule has 0 N–H and O–H groups in total. The van der Waals surface area contributed by atoms with E-state index in [0.717, 1.165) is 25.2 Å². The molecule has 4 atom stereocenters. The van der Waals surface area contributed by atoms with Crippen LogP contribution in [0.3, 0.4) is 0 Å². The minimum Gasteiger partial charge on any atom is -0.299 e. The Morgan fingerprint density at radius 3 is 2.69 bits per heavy atom. The van der Waals surface area contributed by atoms with Crippen LogP contribution in [-0.4, -0.2) is 5.78 Å². The third-order valence-electron chi connectivity index (χ3n) is 4.98. The lowest BCUT2D eigenvalue weighted by Gasteiger charge is -2.30. The van der Waals surface area contributed by atoms with Crippen molar-refractivity contribution in [2.24, 2.45) is 23.2 Å². The minimum atomic E-state index is 0.236. The molecule has 2 rings (SSSR count). The third-order valence-corrected chi connectivity index (χ3v) is 4.98. The van der Waals surface area contributed by atoms with Crippen molar-refractivity contribution < 1.29 is 4.79 Å². The monoisotopic (exact) mass is 220 g/mol. The summed E-state index contributed by atoms with van der Waals surface area (Å²) in [6.07, 6.45) is 6.46. The molecule has 90 valence electrons. The molecule has 1 fully saturated rings. The van der Waals surface area contributed by atoms with Gasteiger partial charge < -0.3 is 0 Å². The average Bonchev–Trinajstić information content (AvgIpc) is 2.43. The molecular weight excluding hydrogens is 196 g/mol. The fourth-order valence-electron chi connectivity index (χ4n) is 3.62. The lowest BCUT2D eigenvalue weighted by molar-refractivity contribution is -0.122. The molecule has 0 aromatic carbocycles. The highest BCUT2D eigenvalue weighted by molar-refractivity contribution is 5.81. The van der Waals surface area contributed by atoms with Crippen molar-refractivity contribution in [3.63, 3.8) is 0 Å². The van der Waals surface area contributed by atoms with Gasteiger partial charge in [0.1, 0.15) is 5.78 Å². The number of carbonyl (C=O) groups excluding carboxylic acids is 1. The van der Waals surface area contributed by atoms with Gasteiger partial charge in [-0.3, -0.25) is 4.79 Å². The maximum Gasteiger partial charge on any atom is 0.136 e. The first-order chi connectivity index (χ1) is 7.44. The molecule has 0 aromatic heterocycles. The van der Waals surface area contributed by atoms with Crippen LogP contribution >= 0.6 is 0 Å². The Hall–Kier alpha value is -0.590. The molecule has 0 aromatic rings.